The molecule has 0 aliphatic rings. The second kappa shape index (κ2) is 8.11. The SMILES string of the molecule is C/C=C/CCc1ccc(-c2ccc3cc(CCC)ccc3c2F)cc1. The van der Waals surface area contributed by atoms with Crippen molar-refractivity contribution in [1.29, 1.82) is 0 Å². The Hall–Kier alpha value is -2.41. The predicted molar refractivity (Wildman–Crippen MR) is 106 cm³/mol. The fourth-order valence-corrected chi connectivity index (χ4v) is 3.28. The Labute approximate surface area is 150 Å². The van der Waals surface area contributed by atoms with Crippen LogP contribution in [0.3, 0.4) is 0 Å². The molecule has 0 aliphatic carbocycles. The molecule has 3 aromatic rings. The van der Waals surface area contributed by atoms with Crippen molar-refractivity contribution < 1.29 is 4.39 Å². The molecule has 0 heterocycles. The Kier molecular flexibility index (Phi) is 5.65. The van der Waals surface area contributed by atoms with Crippen molar-refractivity contribution in [2.75, 3.05) is 0 Å². The molecule has 25 heavy (non-hydrogen) atoms. The van der Waals surface area contributed by atoms with Gasteiger partial charge in [0, 0.05) is 10.9 Å². The van der Waals surface area contributed by atoms with Gasteiger partial charge in [0.2, 0.25) is 0 Å². The Morgan fingerprint density at radius 3 is 2.36 bits per heavy atom. The van der Waals surface area contributed by atoms with Crippen LogP contribution in [0, 0.1) is 5.82 Å². The lowest BCUT2D eigenvalue weighted by Gasteiger charge is -2.09. The summed E-state index contributed by atoms with van der Waals surface area (Å²) in [6.07, 6.45) is 8.44. The molecule has 0 fully saturated rings. The van der Waals surface area contributed by atoms with Crippen molar-refractivity contribution in [2.45, 2.75) is 39.5 Å². The zero-order chi connectivity index (χ0) is 17.6. The third kappa shape index (κ3) is 3.99. The summed E-state index contributed by atoms with van der Waals surface area (Å²) in [6, 6.07) is 18.3. The fourth-order valence-electron chi connectivity index (χ4n) is 3.28. The Morgan fingerprint density at radius 2 is 1.64 bits per heavy atom. The van der Waals surface area contributed by atoms with Gasteiger partial charge in [0.25, 0.3) is 0 Å². The average molecular weight is 332 g/mol. The zero-order valence-corrected chi connectivity index (χ0v) is 15.1. The number of hydrogen-bond donors (Lipinski definition) is 0. The summed E-state index contributed by atoms with van der Waals surface area (Å²) >= 11 is 0. The number of fused-ring (bicyclic) bond motifs is 1. The van der Waals surface area contributed by atoms with E-state index in [2.05, 4.69) is 37.3 Å². The molecule has 0 amide bonds. The van der Waals surface area contributed by atoms with Crippen LogP contribution in [-0.4, -0.2) is 0 Å². The molecule has 1 heteroatoms. The maximum atomic E-state index is 15.0. The van der Waals surface area contributed by atoms with Gasteiger partial charge in [0.15, 0.2) is 0 Å². The van der Waals surface area contributed by atoms with Crippen LogP contribution in [-0.2, 0) is 12.8 Å². The van der Waals surface area contributed by atoms with E-state index in [0.29, 0.717) is 10.9 Å². The summed E-state index contributed by atoms with van der Waals surface area (Å²) in [6.45, 7) is 4.20. The van der Waals surface area contributed by atoms with Gasteiger partial charge < -0.3 is 0 Å². The number of allylic oxidation sites excluding steroid dienone is 2. The van der Waals surface area contributed by atoms with Gasteiger partial charge in [0.1, 0.15) is 5.82 Å². The average Bonchev–Trinajstić information content (AvgIpc) is 2.63. The van der Waals surface area contributed by atoms with Crippen LogP contribution in [0.15, 0.2) is 66.7 Å². The van der Waals surface area contributed by atoms with E-state index in [9.17, 15) is 0 Å². The summed E-state index contributed by atoms with van der Waals surface area (Å²) in [4.78, 5) is 0. The maximum absolute atomic E-state index is 15.0. The van der Waals surface area contributed by atoms with Gasteiger partial charge in [-0.1, -0.05) is 80.1 Å². The second-order valence-corrected chi connectivity index (χ2v) is 6.54. The van der Waals surface area contributed by atoms with E-state index in [4.69, 9.17) is 0 Å². The molecule has 0 atom stereocenters. The van der Waals surface area contributed by atoms with E-state index in [1.165, 1.54) is 11.1 Å². The first-order valence-corrected chi connectivity index (χ1v) is 9.14. The first-order valence-electron chi connectivity index (χ1n) is 9.14. The lowest BCUT2D eigenvalue weighted by Crippen LogP contribution is -1.90. The van der Waals surface area contributed by atoms with Crippen molar-refractivity contribution in [1.82, 2.24) is 0 Å². The quantitative estimate of drug-likeness (QED) is 0.422. The normalized spacial score (nSPS) is 11.5. The molecule has 3 rings (SSSR count). The molecule has 3 aromatic carbocycles. The Morgan fingerprint density at radius 1 is 0.880 bits per heavy atom. The number of aryl methyl sites for hydroxylation is 2. The number of halogens is 1. The van der Waals surface area contributed by atoms with Crippen molar-refractivity contribution in [2.24, 2.45) is 0 Å². The van der Waals surface area contributed by atoms with Crippen LogP contribution < -0.4 is 0 Å². The minimum Gasteiger partial charge on any atom is -0.206 e. The summed E-state index contributed by atoms with van der Waals surface area (Å²) in [5, 5.41) is 1.68. The Balaban J connectivity index is 1.90. The summed E-state index contributed by atoms with van der Waals surface area (Å²) in [7, 11) is 0. The van der Waals surface area contributed by atoms with Crippen molar-refractivity contribution >= 4 is 10.8 Å². The molecule has 0 N–H and O–H groups in total. The van der Waals surface area contributed by atoms with Gasteiger partial charge in [-0.25, -0.2) is 4.39 Å². The molecule has 0 aliphatic heterocycles. The molecule has 0 radical (unpaired) electrons. The highest BCUT2D eigenvalue weighted by Gasteiger charge is 2.10. The first-order chi connectivity index (χ1) is 12.2. The lowest BCUT2D eigenvalue weighted by atomic mass is 9.97. The van der Waals surface area contributed by atoms with Crippen LogP contribution in [0.2, 0.25) is 0 Å². The summed E-state index contributed by atoms with van der Waals surface area (Å²) in [5.41, 5.74) is 4.17. The molecular formula is C24H25F. The third-order valence-electron chi connectivity index (χ3n) is 4.66. The van der Waals surface area contributed by atoms with Gasteiger partial charge >= 0.3 is 0 Å². The largest absolute Gasteiger partial charge is 0.206 e. The van der Waals surface area contributed by atoms with E-state index in [-0.39, 0.29) is 5.82 Å². The van der Waals surface area contributed by atoms with Crippen LogP contribution in [0.1, 0.15) is 37.8 Å². The molecule has 0 nitrogen and oxygen atoms in total. The lowest BCUT2D eigenvalue weighted by molar-refractivity contribution is 0.643. The van der Waals surface area contributed by atoms with Gasteiger partial charge in [-0.3, -0.25) is 0 Å². The van der Waals surface area contributed by atoms with Gasteiger partial charge in [-0.05, 0) is 48.3 Å². The van der Waals surface area contributed by atoms with Gasteiger partial charge in [-0.15, -0.1) is 0 Å². The Bertz CT molecular complexity index is 872. The standard InChI is InChI=1S/C24H25F/c1-3-5-6-8-18-9-12-20(13-10-18)22-16-14-21-17-19(7-4-2)11-15-23(21)24(22)25/h3,5,9-17H,4,6-8H2,1-2H3/b5-3+. The van der Waals surface area contributed by atoms with Gasteiger partial charge in [-0.2, -0.15) is 0 Å². The summed E-state index contributed by atoms with van der Waals surface area (Å²) < 4.78 is 15.0. The van der Waals surface area contributed by atoms with Crippen LogP contribution in [0.4, 0.5) is 4.39 Å². The monoisotopic (exact) mass is 332 g/mol. The zero-order valence-electron chi connectivity index (χ0n) is 15.1. The smallest absolute Gasteiger partial charge is 0.138 e. The van der Waals surface area contributed by atoms with Crippen molar-refractivity contribution in [3.8, 4) is 11.1 Å². The van der Waals surface area contributed by atoms with Crippen LogP contribution in [0.25, 0.3) is 21.9 Å². The molecule has 0 spiro atoms. The van der Waals surface area contributed by atoms with E-state index >= 15 is 4.39 Å². The molecule has 0 unspecified atom stereocenters. The second-order valence-electron chi connectivity index (χ2n) is 6.54. The highest BCUT2D eigenvalue weighted by Crippen LogP contribution is 2.30. The number of hydrogen-bond acceptors (Lipinski definition) is 0. The minimum atomic E-state index is -0.123. The van der Waals surface area contributed by atoms with Gasteiger partial charge in [0.05, 0.1) is 0 Å². The highest BCUT2D eigenvalue weighted by molar-refractivity contribution is 5.88. The van der Waals surface area contributed by atoms with Crippen molar-refractivity contribution in [3.63, 3.8) is 0 Å². The van der Waals surface area contributed by atoms with E-state index in [1.807, 2.05) is 43.3 Å². The molecule has 0 aromatic heterocycles. The fraction of sp³-hybridized carbons (Fsp3) is 0.250. The van der Waals surface area contributed by atoms with Crippen LogP contribution >= 0.6 is 0 Å². The minimum absolute atomic E-state index is 0.123. The highest BCUT2D eigenvalue weighted by atomic mass is 19.1. The molecular weight excluding hydrogens is 307 g/mol. The summed E-state index contributed by atoms with van der Waals surface area (Å²) in [5.74, 6) is -0.123. The van der Waals surface area contributed by atoms with Crippen molar-refractivity contribution in [3.05, 3.63) is 83.7 Å². The number of benzene rings is 3. The molecule has 0 saturated heterocycles. The topological polar surface area (TPSA) is 0 Å². The molecule has 0 saturated carbocycles. The number of rotatable bonds is 6. The van der Waals surface area contributed by atoms with Crippen LogP contribution in [0.5, 0.6) is 0 Å². The van der Waals surface area contributed by atoms with E-state index < -0.39 is 0 Å². The first kappa shape index (κ1) is 17.4. The third-order valence-corrected chi connectivity index (χ3v) is 4.66. The maximum Gasteiger partial charge on any atom is 0.138 e. The van der Waals surface area contributed by atoms with E-state index in [1.54, 1.807) is 0 Å². The van der Waals surface area contributed by atoms with E-state index in [0.717, 1.165) is 36.6 Å². The predicted octanol–water partition coefficient (Wildman–Crippen LogP) is 7.11. The molecule has 128 valence electrons. The molecule has 0 bridgehead atoms.